The van der Waals surface area contributed by atoms with Crippen LogP contribution in [0.25, 0.3) is 22.1 Å². The van der Waals surface area contributed by atoms with Gasteiger partial charge in [-0.2, -0.15) is 5.10 Å². The number of methoxy groups -OCH3 is 1. The number of hydrogen-bond donors (Lipinski definition) is 3. The van der Waals surface area contributed by atoms with E-state index in [4.69, 9.17) is 16.2 Å². The maximum atomic E-state index is 13.3. The molecule has 5 N–H and O–H groups in total. The van der Waals surface area contributed by atoms with E-state index in [1.54, 1.807) is 39.6 Å². The van der Waals surface area contributed by atoms with Crippen LogP contribution >= 0.6 is 0 Å². The summed E-state index contributed by atoms with van der Waals surface area (Å²) in [7, 11) is 1.49. The van der Waals surface area contributed by atoms with Crippen molar-refractivity contribution in [2.75, 3.05) is 12.4 Å². The molecule has 0 bridgehead atoms. The van der Waals surface area contributed by atoms with E-state index in [1.165, 1.54) is 7.11 Å². The van der Waals surface area contributed by atoms with E-state index in [2.05, 4.69) is 20.4 Å². The Morgan fingerprint density at radius 1 is 0.929 bits per heavy atom. The molecule has 3 amide bonds. The Morgan fingerprint density at radius 2 is 1.62 bits per heavy atom. The van der Waals surface area contributed by atoms with Gasteiger partial charge in [0.1, 0.15) is 22.8 Å². The zero-order valence-corrected chi connectivity index (χ0v) is 23.7. The van der Waals surface area contributed by atoms with Crippen LogP contribution in [0, 0.1) is 13.8 Å². The fraction of sp³-hybridized carbons (Fsp3) is 0.241. The molecule has 42 heavy (non-hydrogen) atoms. The van der Waals surface area contributed by atoms with Gasteiger partial charge >= 0.3 is 0 Å². The summed E-state index contributed by atoms with van der Waals surface area (Å²) in [5, 5.41) is 7.26. The highest BCUT2D eigenvalue weighted by Crippen LogP contribution is 2.31. The molecule has 13 nitrogen and oxygen atoms in total. The van der Waals surface area contributed by atoms with Crippen LogP contribution in [0.2, 0.25) is 0 Å². The molecular weight excluding hydrogens is 538 g/mol. The van der Waals surface area contributed by atoms with Gasteiger partial charge in [0, 0.05) is 30.8 Å². The zero-order valence-electron chi connectivity index (χ0n) is 23.7. The van der Waals surface area contributed by atoms with Crippen LogP contribution in [-0.4, -0.2) is 53.7 Å². The number of aryl methyl sites for hydroxylation is 3. The summed E-state index contributed by atoms with van der Waals surface area (Å²) in [4.78, 5) is 46.0. The van der Waals surface area contributed by atoms with Crippen LogP contribution in [0.15, 0.2) is 48.6 Å². The number of primary amides is 2. The monoisotopic (exact) mass is 569 g/mol. The molecule has 216 valence electrons. The number of carbonyl (C=O) groups is 3. The second-order valence-corrected chi connectivity index (χ2v) is 9.71. The number of anilines is 1. The minimum atomic E-state index is -0.622. The molecule has 0 aliphatic rings. The van der Waals surface area contributed by atoms with E-state index in [-0.39, 0.29) is 17.4 Å². The van der Waals surface area contributed by atoms with Crippen LogP contribution in [-0.2, 0) is 19.6 Å². The number of fused-ring (bicyclic) bond motifs is 2. The van der Waals surface area contributed by atoms with Crippen molar-refractivity contribution < 1.29 is 19.1 Å². The lowest BCUT2D eigenvalue weighted by Gasteiger charge is -2.11. The van der Waals surface area contributed by atoms with Gasteiger partial charge in [0.25, 0.3) is 5.91 Å². The van der Waals surface area contributed by atoms with Crippen molar-refractivity contribution in [3.8, 4) is 5.75 Å². The molecule has 0 unspecified atom stereocenters. The number of imidazole rings is 2. The second kappa shape index (κ2) is 11.2. The number of rotatable bonds is 10. The summed E-state index contributed by atoms with van der Waals surface area (Å²) in [6.45, 7) is 6.96. The zero-order chi connectivity index (χ0) is 30.1. The van der Waals surface area contributed by atoms with Gasteiger partial charge in [-0.25, -0.2) is 9.97 Å². The number of nitrogens with one attached hydrogen (secondary N) is 1. The van der Waals surface area contributed by atoms with E-state index in [1.807, 2.05) is 43.6 Å². The Hall–Kier alpha value is -5.46. The number of carbonyl (C=O) groups excluding carboxylic acids is 3. The predicted molar refractivity (Wildman–Crippen MR) is 158 cm³/mol. The topological polar surface area (TPSA) is 178 Å². The fourth-order valence-corrected chi connectivity index (χ4v) is 4.93. The molecule has 0 aliphatic heterocycles. The van der Waals surface area contributed by atoms with Crippen molar-refractivity contribution in [2.45, 2.75) is 40.4 Å². The lowest BCUT2D eigenvalue weighted by atomic mass is 10.1. The van der Waals surface area contributed by atoms with Gasteiger partial charge in [0.2, 0.25) is 17.8 Å². The Bertz CT molecular complexity index is 1890. The molecule has 5 rings (SSSR count). The minimum absolute atomic E-state index is 0.235. The molecule has 0 aliphatic carbocycles. The van der Waals surface area contributed by atoms with Crippen LogP contribution in [0.4, 0.5) is 5.95 Å². The molecule has 0 radical (unpaired) electrons. The molecule has 2 aromatic carbocycles. The number of amides is 3. The predicted octanol–water partition coefficient (Wildman–Crippen LogP) is 2.93. The number of nitrogens with two attached hydrogens (primary N) is 2. The molecule has 3 heterocycles. The molecule has 0 saturated carbocycles. The summed E-state index contributed by atoms with van der Waals surface area (Å²) in [6.07, 6.45) is 3.90. The molecule has 3 aromatic heterocycles. The largest absolute Gasteiger partial charge is 0.494 e. The summed E-state index contributed by atoms with van der Waals surface area (Å²) in [5.74, 6) is -0.0672. The number of aromatic nitrogens is 6. The van der Waals surface area contributed by atoms with Crippen LogP contribution in [0.3, 0.4) is 0 Å². The minimum Gasteiger partial charge on any atom is -0.494 e. The Labute approximate surface area is 240 Å². The summed E-state index contributed by atoms with van der Waals surface area (Å²) in [6, 6.07) is 10.0. The highest BCUT2D eigenvalue weighted by atomic mass is 16.5. The summed E-state index contributed by atoms with van der Waals surface area (Å²) < 4.78 is 11.0. The van der Waals surface area contributed by atoms with Crippen molar-refractivity contribution >= 4 is 45.7 Å². The first-order valence-electron chi connectivity index (χ1n) is 13.3. The highest BCUT2D eigenvalue weighted by Gasteiger charge is 2.21. The first-order chi connectivity index (χ1) is 20.1. The van der Waals surface area contributed by atoms with E-state index >= 15 is 0 Å². The molecule has 0 fully saturated rings. The smallest absolute Gasteiger partial charge is 0.276 e. The first kappa shape index (κ1) is 28.1. The van der Waals surface area contributed by atoms with Crippen LogP contribution < -0.4 is 21.5 Å². The van der Waals surface area contributed by atoms with Crippen molar-refractivity contribution in [1.82, 2.24) is 28.9 Å². The van der Waals surface area contributed by atoms with E-state index in [0.29, 0.717) is 53.2 Å². The van der Waals surface area contributed by atoms with Gasteiger partial charge in [-0.15, -0.1) is 0 Å². The number of nitrogens with zero attached hydrogens (tertiary/aromatic N) is 6. The Morgan fingerprint density at radius 3 is 2.29 bits per heavy atom. The molecule has 0 saturated heterocycles. The van der Waals surface area contributed by atoms with Crippen molar-refractivity contribution in [2.24, 2.45) is 11.5 Å². The van der Waals surface area contributed by atoms with Gasteiger partial charge in [0.05, 0.1) is 29.4 Å². The van der Waals surface area contributed by atoms with E-state index < -0.39 is 11.8 Å². The number of benzene rings is 2. The fourth-order valence-electron chi connectivity index (χ4n) is 4.93. The van der Waals surface area contributed by atoms with Gasteiger partial charge in [-0.3, -0.25) is 24.4 Å². The lowest BCUT2D eigenvalue weighted by molar-refractivity contribution is 0.0992. The normalized spacial score (nSPS) is 11.5. The van der Waals surface area contributed by atoms with E-state index in [0.717, 1.165) is 17.0 Å². The number of ether oxygens (including phenoxy) is 1. The lowest BCUT2D eigenvalue weighted by Crippen LogP contribution is -2.20. The highest BCUT2D eigenvalue weighted by molar-refractivity contribution is 6.04. The molecule has 13 heteroatoms. The Kier molecular flexibility index (Phi) is 7.49. The average molecular weight is 570 g/mol. The number of allylic oxidation sites excluding steroid dienone is 2. The third kappa shape index (κ3) is 5.19. The standard InChI is InChI=1S/C29H31N9O4/c1-5-38-23(12-16(2)35-38)28(41)34-29-33-21-14-19(27(31)40)15-24(42-4)25(21)37(29)11-7-6-10-36-17(3)32-20-13-18(26(30)39)8-9-22(20)36/h6-9,12-15H,5,10-11H2,1-4H3,(H2,30,39)(H2,31,40)(H,33,34,41)/b7-6+. The Balaban J connectivity index is 1.49. The maximum absolute atomic E-state index is 13.3. The molecule has 0 spiro atoms. The summed E-state index contributed by atoms with van der Waals surface area (Å²) in [5.41, 5.74) is 15.3. The van der Waals surface area contributed by atoms with Gasteiger partial charge in [-0.1, -0.05) is 12.2 Å². The second-order valence-electron chi connectivity index (χ2n) is 9.71. The van der Waals surface area contributed by atoms with E-state index in [9.17, 15) is 14.4 Å². The third-order valence-electron chi connectivity index (χ3n) is 6.94. The van der Waals surface area contributed by atoms with Gasteiger partial charge < -0.3 is 25.3 Å². The number of hydrogen-bond acceptors (Lipinski definition) is 7. The van der Waals surface area contributed by atoms with Crippen LogP contribution in [0.5, 0.6) is 5.75 Å². The average Bonchev–Trinajstić information content (AvgIpc) is 3.61. The van der Waals surface area contributed by atoms with Crippen molar-refractivity contribution in [3.63, 3.8) is 0 Å². The van der Waals surface area contributed by atoms with Crippen LogP contribution in [0.1, 0.15) is 49.6 Å². The van der Waals surface area contributed by atoms with Crippen molar-refractivity contribution in [1.29, 1.82) is 0 Å². The third-order valence-corrected chi connectivity index (χ3v) is 6.94. The first-order valence-corrected chi connectivity index (χ1v) is 13.3. The maximum Gasteiger partial charge on any atom is 0.276 e. The van der Waals surface area contributed by atoms with Gasteiger partial charge in [-0.05, 0) is 57.2 Å². The summed E-state index contributed by atoms with van der Waals surface area (Å²) >= 11 is 0. The van der Waals surface area contributed by atoms with Gasteiger partial charge in [0.15, 0.2) is 0 Å². The quantitative estimate of drug-likeness (QED) is 0.216. The molecule has 5 aromatic rings. The molecular formula is C29H31N9O4. The SMILES string of the molecule is CCn1nc(C)cc1C(=O)Nc1nc2cc(C(N)=O)cc(OC)c2n1C/C=C/Cn1c(C)nc2cc(C(N)=O)ccc21. The molecule has 0 atom stereocenters. The van der Waals surface area contributed by atoms with Crippen molar-refractivity contribution in [3.05, 3.63) is 76.9 Å².